The summed E-state index contributed by atoms with van der Waals surface area (Å²) in [6.45, 7) is 6.72. The van der Waals surface area contributed by atoms with Crippen molar-refractivity contribution in [3.63, 3.8) is 0 Å². The lowest BCUT2D eigenvalue weighted by molar-refractivity contribution is 0.306. The summed E-state index contributed by atoms with van der Waals surface area (Å²) in [5.41, 5.74) is 11.9. The van der Waals surface area contributed by atoms with Crippen LogP contribution in [0.1, 0.15) is 18.2 Å². The van der Waals surface area contributed by atoms with Crippen molar-refractivity contribution in [1.29, 1.82) is 0 Å². The minimum Gasteiger partial charge on any atom is -0.489 e. The molecule has 1 fully saturated rings. The number of likely N-dealkylation sites (N-methyl/N-ethyl adjacent to an activating group) is 1. The number of hydrogen-bond donors (Lipinski definition) is 1. The van der Waals surface area contributed by atoms with E-state index in [0.29, 0.717) is 12.4 Å². The average Bonchev–Trinajstić information content (AvgIpc) is 3.37. The van der Waals surface area contributed by atoms with Crippen LogP contribution in [-0.2, 0) is 13.0 Å². The Morgan fingerprint density at radius 2 is 1.84 bits per heavy atom. The van der Waals surface area contributed by atoms with Crippen LogP contribution in [0.2, 0.25) is 0 Å². The van der Waals surface area contributed by atoms with Gasteiger partial charge in [0.2, 0.25) is 0 Å². The van der Waals surface area contributed by atoms with Gasteiger partial charge in [-0.1, -0.05) is 6.92 Å². The largest absolute Gasteiger partial charge is 0.489 e. The summed E-state index contributed by atoms with van der Waals surface area (Å²) in [7, 11) is 2.18. The van der Waals surface area contributed by atoms with Crippen molar-refractivity contribution in [3.8, 4) is 11.4 Å². The molecule has 0 radical (unpaired) electrons. The van der Waals surface area contributed by atoms with Gasteiger partial charge >= 0.3 is 0 Å². The number of pyridine rings is 2. The Balaban J connectivity index is 1.25. The van der Waals surface area contributed by atoms with E-state index in [-0.39, 0.29) is 0 Å². The van der Waals surface area contributed by atoms with Crippen molar-refractivity contribution in [1.82, 2.24) is 29.4 Å². The number of anilines is 2. The van der Waals surface area contributed by atoms with Gasteiger partial charge in [0.15, 0.2) is 0 Å². The Morgan fingerprint density at radius 3 is 2.68 bits per heavy atom. The van der Waals surface area contributed by atoms with Gasteiger partial charge in [0.1, 0.15) is 30.1 Å². The zero-order valence-corrected chi connectivity index (χ0v) is 21.1. The monoisotopic (exact) mass is 494 g/mol. The summed E-state index contributed by atoms with van der Waals surface area (Å²) in [5, 5.41) is 1.98. The van der Waals surface area contributed by atoms with Crippen LogP contribution in [-0.4, -0.2) is 62.6 Å². The molecule has 0 amide bonds. The van der Waals surface area contributed by atoms with E-state index in [1.54, 1.807) is 6.20 Å². The maximum atomic E-state index is 6.20. The number of fused-ring (bicyclic) bond motifs is 2. The summed E-state index contributed by atoms with van der Waals surface area (Å²) >= 11 is 0. The molecule has 6 rings (SSSR count). The predicted octanol–water partition coefficient (Wildman–Crippen LogP) is 3.84. The molecule has 1 aliphatic heterocycles. The number of piperazine rings is 1. The van der Waals surface area contributed by atoms with Gasteiger partial charge in [-0.05, 0) is 43.8 Å². The smallest absolute Gasteiger partial charge is 0.150 e. The van der Waals surface area contributed by atoms with Crippen LogP contribution in [0, 0.1) is 0 Å². The molecule has 0 bridgehead atoms. The number of aromatic nitrogens is 5. The Morgan fingerprint density at radius 1 is 0.973 bits per heavy atom. The van der Waals surface area contributed by atoms with Crippen LogP contribution in [0.3, 0.4) is 0 Å². The second-order valence-corrected chi connectivity index (χ2v) is 9.48. The highest BCUT2D eigenvalue weighted by Crippen LogP contribution is 2.31. The molecule has 0 aliphatic carbocycles. The van der Waals surface area contributed by atoms with Gasteiger partial charge in [-0.15, -0.1) is 0 Å². The molecule has 0 atom stereocenters. The Bertz CT molecular complexity index is 1570. The van der Waals surface area contributed by atoms with Crippen molar-refractivity contribution < 1.29 is 4.74 Å². The number of rotatable bonds is 6. The van der Waals surface area contributed by atoms with Crippen LogP contribution in [0.5, 0.6) is 5.75 Å². The second kappa shape index (κ2) is 9.67. The third-order valence-electron chi connectivity index (χ3n) is 7.00. The average molecular weight is 495 g/mol. The lowest BCUT2D eigenvalue weighted by Gasteiger charge is -2.34. The molecule has 1 saturated heterocycles. The lowest BCUT2D eigenvalue weighted by Crippen LogP contribution is -2.44. The lowest BCUT2D eigenvalue weighted by atomic mass is 10.1. The van der Waals surface area contributed by atoms with Gasteiger partial charge < -0.3 is 20.3 Å². The van der Waals surface area contributed by atoms with E-state index in [0.717, 1.165) is 71.8 Å². The van der Waals surface area contributed by atoms with Crippen LogP contribution >= 0.6 is 0 Å². The molecule has 2 N–H and O–H groups in total. The molecule has 0 unspecified atom stereocenters. The van der Waals surface area contributed by atoms with Crippen molar-refractivity contribution in [2.75, 3.05) is 43.9 Å². The number of aryl methyl sites for hydroxylation is 1. The molecule has 0 spiro atoms. The standard InChI is InChI=1S/C28H30N8O/c1-3-20-13-26(35-10-8-34(2)9-11-35)23-5-4-22(14-25(23)33-20)37-17-19-12-21(16-30-15-19)36-7-6-24-27(29)31-18-32-28(24)36/h4-7,12-16,18H,3,8-11,17H2,1-2H3,(H2,29,31,32). The van der Waals surface area contributed by atoms with Crippen molar-refractivity contribution in [2.45, 2.75) is 20.0 Å². The highest BCUT2D eigenvalue weighted by Gasteiger charge is 2.18. The van der Waals surface area contributed by atoms with Crippen molar-refractivity contribution in [2.24, 2.45) is 0 Å². The Labute approximate surface area is 215 Å². The molecule has 9 nitrogen and oxygen atoms in total. The molecule has 5 heterocycles. The summed E-state index contributed by atoms with van der Waals surface area (Å²) in [4.78, 5) is 22.6. The Hall–Kier alpha value is -4.24. The molecule has 4 aromatic heterocycles. The van der Waals surface area contributed by atoms with Gasteiger partial charge in [0.05, 0.1) is 22.8 Å². The third-order valence-corrected chi connectivity index (χ3v) is 7.00. The number of nitrogen functional groups attached to an aromatic ring is 1. The quantitative estimate of drug-likeness (QED) is 0.380. The maximum Gasteiger partial charge on any atom is 0.150 e. The first-order valence-electron chi connectivity index (χ1n) is 12.6. The van der Waals surface area contributed by atoms with Gasteiger partial charge in [-0.25, -0.2) is 9.97 Å². The fraction of sp³-hybridized carbons (Fsp3) is 0.286. The predicted molar refractivity (Wildman–Crippen MR) is 146 cm³/mol. The molecule has 188 valence electrons. The summed E-state index contributed by atoms with van der Waals surface area (Å²) in [6.07, 6.45) is 7.91. The van der Waals surface area contributed by atoms with E-state index in [4.69, 9.17) is 15.5 Å². The number of benzene rings is 1. The van der Waals surface area contributed by atoms with E-state index in [1.807, 2.05) is 41.2 Å². The second-order valence-electron chi connectivity index (χ2n) is 9.48. The molecular formula is C28H30N8O. The highest BCUT2D eigenvalue weighted by molar-refractivity contribution is 5.93. The number of hydrogen-bond acceptors (Lipinski definition) is 8. The summed E-state index contributed by atoms with van der Waals surface area (Å²) < 4.78 is 8.15. The Kier molecular flexibility index (Phi) is 6.05. The molecular weight excluding hydrogens is 464 g/mol. The fourth-order valence-corrected chi connectivity index (χ4v) is 4.85. The molecule has 0 saturated carbocycles. The zero-order chi connectivity index (χ0) is 25.4. The summed E-state index contributed by atoms with van der Waals surface area (Å²) in [5.74, 6) is 1.25. The van der Waals surface area contributed by atoms with E-state index < -0.39 is 0 Å². The highest BCUT2D eigenvalue weighted by atomic mass is 16.5. The van der Waals surface area contributed by atoms with E-state index in [2.05, 4.69) is 50.9 Å². The zero-order valence-electron chi connectivity index (χ0n) is 21.1. The van der Waals surface area contributed by atoms with Crippen LogP contribution in [0.15, 0.2) is 61.3 Å². The summed E-state index contributed by atoms with van der Waals surface area (Å²) in [6, 6.07) is 12.4. The van der Waals surface area contributed by atoms with Crippen molar-refractivity contribution >= 4 is 33.4 Å². The normalized spacial score (nSPS) is 14.5. The van der Waals surface area contributed by atoms with E-state index in [9.17, 15) is 0 Å². The van der Waals surface area contributed by atoms with E-state index >= 15 is 0 Å². The first kappa shape index (κ1) is 23.2. The van der Waals surface area contributed by atoms with E-state index in [1.165, 1.54) is 17.4 Å². The van der Waals surface area contributed by atoms with Gasteiger partial charge in [0.25, 0.3) is 0 Å². The van der Waals surface area contributed by atoms with Crippen LogP contribution in [0.4, 0.5) is 11.5 Å². The minimum absolute atomic E-state index is 0.390. The molecule has 9 heteroatoms. The fourth-order valence-electron chi connectivity index (χ4n) is 4.85. The number of ether oxygens (including phenoxy) is 1. The number of nitrogens with zero attached hydrogens (tertiary/aromatic N) is 7. The SMILES string of the molecule is CCc1cc(N2CCN(C)CC2)c2ccc(OCc3cncc(-n4ccc5c(N)ncnc54)c3)cc2n1. The molecule has 1 aliphatic rings. The molecule has 1 aromatic carbocycles. The molecule has 37 heavy (non-hydrogen) atoms. The van der Waals surface area contributed by atoms with Gasteiger partial charge in [-0.2, -0.15) is 0 Å². The first-order valence-corrected chi connectivity index (χ1v) is 12.6. The maximum absolute atomic E-state index is 6.20. The minimum atomic E-state index is 0.390. The van der Waals surface area contributed by atoms with Crippen LogP contribution < -0.4 is 15.4 Å². The third kappa shape index (κ3) is 4.53. The molecule has 5 aromatic rings. The first-order chi connectivity index (χ1) is 18.1. The van der Waals surface area contributed by atoms with Gasteiger partial charge in [-0.3, -0.25) is 14.5 Å². The van der Waals surface area contributed by atoms with Crippen LogP contribution in [0.25, 0.3) is 27.6 Å². The number of nitrogens with two attached hydrogens (primary N) is 1. The van der Waals surface area contributed by atoms with Crippen molar-refractivity contribution in [3.05, 3.63) is 72.6 Å². The van der Waals surface area contributed by atoms with Gasteiger partial charge in [0, 0.05) is 67.0 Å². The topological polar surface area (TPSA) is 98.2 Å².